The maximum atomic E-state index is 12.9. The fourth-order valence-electron chi connectivity index (χ4n) is 3.99. The summed E-state index contributed by atoms with van der Waals surface area (Å²) in [5, 5.41) is 3.66. The number of hydrogen-bond donors (Lipinski definition) is 1. The highest BCUT2D eigenvalue weighted by atomic mass is 32.2. The van der Waals surface area contributed by atoms with Crippen molar-refractivity contribution >= 4 is 32.4 Å². The van der Waals surface area contributed by atoms with Crippen LogP contribution in [0.3, 0.4) is 0 Å². The number of anilines is 1. The molecule has 1 aromatic heterocycles. The summed E-state index contributed by atoms with van der Waals surface area (Å²) in [6.45, 7) is 4.61. The molecule has 1 amide bonds. The molecule has 0 radical (unpaired) electrons. The van der Waals surface area contributed by atoms with Crippen molar-refractivity contribution in [1.29, 1.82) is 0 Å². The highest BCUT2D eigenvalue weighted by molar-refractivity contribution is 7.89. The van der Waals surface area contributed by atoms with Gasteiger partial charge in [-0.05, 0) is 75.6 Å². The molecular formula is C21H27N3O3S2. The molecule has 0 unspecified atom stereocenters. The van der Waals surface area contributed by atoms with Crippen LogP contribution in [0.1, 0.15) is 47.4 Å². The third kappa shape index (κ3) is 4.25. The van der Waals surface area contributed by atoms with Crippen LogP contribution in [0.25, 0.3) is 0 Å². The summed E-state index contributed by atoms with van der Waals surface area (Å²) in [6, 6.07) is 5.24. The van der Waals surface area contributed by atoms with Crippen LogP contribution in [0, 0.1) is 19.8 Å². The van der Waals surface area contributed by atoms with Crippen LogP contribution < -0.4 is 5.32 Å². The molecule has 0 spiro atoms. The van der Waals surface area contributed by atoms with Gasteiger partial charge >= 0.3 is 0 Å². The first-order valence-electron chi connectivity index (χ1n) is 10.2. The normalized spacial score (nSPS) is 18.4. The van der Waals surface area contributed by atoms with Crippen LogP contribution in [0.4, 0.5) is 5.13 Å². The molecule has 4 rings (SSSR count). The lowest BCUT2D eigenvalue weighted by Gasteiger charge is -2.30. The molecule has 1 saturated heterocycles. The minimum absolute atomic E-state index is 0.0423. The number of carbonyl (C=O) groups excluding carboxylic acids is 1. The van der Waals surface area contributed by atoms with E-state index in [1.54, 1.807) is 23.5 Å². The lowest BCUT2D eigenvalue weighted by atomic mass is 9.97. The number of carbonyl (C=O) groups is 1. The monoisotopic (exact) mass is 433 g/mol. The summed E-state index contributed by atoms with van der Waals surface area (Å²) in [6.07, 6.45) is 5.46. The van der Waals surface area contributed by atoms with Gasteiger partial charge in [-0.1, -0.05) is 6.07 Å². The van der Waals surface area contributed by atoms with Crippen molar-refractivity contribution in [3.05, 3.63) is 39.9 Å². The number of aryl methyl sites for hydroxylation is 4. The number of hydrogen-bond acceptors (Lipinski definition) is 5. The molecule has 1 aliphatic heterocycles. The average Bonchev–Trinajstić information content (AvgIpc) is 3.12. The number of amides is 1. The van der Waals surface area contributed by atoms with E-state index in [1.165, 1.54) is 15.6 Å². The van der Waals surface area contributed by atoms with E-state index in [4.69, 9.17) is 0 Å². The molecule has 0 saturated carbocycles. The molecule has 0 atom stereocenters. The maximum Gasteiger partial charge on any atom is 0.243 e. The van der Waals surface area contributed by atoms with Crippen LogP contribution in [-0.4, -0.2) is 36.7 Å². The van der Waals surface area contributed by atoms with Gasteiger partial charge in [0.1, 0.15) is 0 Å². The van der Waals surface area contributed by atoms with Gasteiger partial charge < -0.3 is 5.32 Å². The summed E-state index contributed by atoms with van der Waals surface area (Å²) in [4.78, 5) is 18.9. The van der Waals surface area contributed by atoms with E-state index < -0.39 is 10.0 Å². The number of piperidine rings is 1. The zero-order valence-electron chi connectivity index (χ0n) is 16.9. The number of nitrogens with zero attached hydrogens (tertiary/aromatic N) is 2. The molecule has 1 N–H and O–H groups in total. The topological polar surface area (TPSA) is 79.4 Å². The summed E-state index contributed by atoms with van der Waals surface area (Å²) < 4.78 is 27.4. The van der Waals surface area contributed by atoms with Crippen LogP contribution in [-0.2, 0) is 27.7 Å². The minimum Gasteiger partial charge on any atom is -0.302 e. The number of aromatic nitrogens is 1. The Balaban J connectivity index is 1.37. The van der Waals surface area contributed by atoms with Crippen LogP contribution in [0.15, 0.2) is 23.1 Å². The summed E-state index contributed by atoms with van der Waals surface area (Å²) in [7, 11) is -3.52. The number of rotatable bonds is 4. The van der Waals surface area contributed by atoms with E-state index in [-0.39, 0.29) is 11.8 Å². The first-order valence-corrected chi connectivity index (χ1v) is 12.5. The number of sulfonamides is 1. The number of nitrogens with one attached hydrogen (secondary N) is 1. The Labute approximate surface area is 176 Å². The van der Waals surface area contributed by atoms with Gasteiger partial charge in [0.25, 0.3) is 0 Å². The Hall–Kier alpha value is -1.77. The molecule has 2 aliphatic rings. The highest BCUT2D eigenvalue weighted by Crippen LogP contribution is 2.31. The van der Waals surface area contributed by atoms with Crippen LogP contribution in [0.5, 0.6) is 0 Å². The van der Waals surface area contributed by atoms with Crippen molar-refractivity contribution in [1.82, 2.24) is 9.29 Å². The molecule has 1 aromatic carbocycles. The molecule has 8 heteroatoms. The van der Waals surface area contributed by atoms with Gasteiger partial charge in [0, 0.05) is 23.9 Å². The number of benzene rings is 1. The van der Waals surface area contributed by atoms with E-state index in [2.05, 4.69) is 10.3 Å². The minimum atomic E-state index is -3.52. The van der Waals surface area contributed by atoms with Crippen molar-refractivity contribution in [2.45, 2.75) is 57.3 Å². The molecule has 1 aliphatic carbocycles. The van der Waals surface area contributed by atoms with Crippen LogP contribution in [0.2, 0.25) is 0 Å². The summed E-state index contributed by atoms with van der Waals surface area (Å²) in [5.41, 5.74) is 3.17. The number of thiazole rings is 1. The third-order valence-electron chi connectivity index (χ3n) is 6.02. The van der Waals surface area contributed by atoms with Crippen molar-refractivity contribution in [3.8, 4) is 0 Å². The van der Waals surface area contributed by atoms with Gasteiger partial charge in [-0.3, -0.25) is 4.79 Å². The predicted molar refractivity (Wildman–Crippen MR) is 115 cm³/mol. The first kappa shape index (κ1) is 20.5. The average molecular weight is 434 g/mol. The standard InChI is InChI=1S/C21H27N3O3S2/c1-14-7-8-17(13-15(14)2)29(26,27)24-11-9-16(10-12-24)20(25)23-21-22-18-5-3-4-6-19(18)28-21/h7-8,13,16H,3-6,9-12H2,1-2H3,(H,22,23,25). The second kappa shape index (κ2) is 8.16. The molecule has 1 fully saturated rings. The Morgan fingerprint density at radius 3 is 2.55 bits per heavy atom. The molecule has 2 aromatic rings. The van der Waals surface area contributed by atoms with Gasteiger partial charge in [0.2, 0.25) is 15.9 Å². The highest BCUT2D eigenvalue weighted by Gasteiger charge is 2.32. The fraction of sp³-hybridized carbons (Fsp3) is 0.524. The van der Waals surface area contributed by atoms with Gasteiger partial charge in [0.15, 0.2) is 5.13 Å². The second-order valence-corrected chi connectivity index (χ2v) is 11.0. The lowest BCUT2D eigenvalue weighted by molar-refractivity contribution is -0.120. The van der Waals surface area contributed by atoms with E-state index in [0.717, 1.165) is 36.1 Å². The van der Waals surface area contributed by atoms with Gasteiger partial charge in [0.05, 0.1) is 10.6 Å². The van der Waals surface area contributed by atoms with Crippen LogP contribution >= 0.6 is 11.3 Å². The molecule has 6 nitrogen and oxygen atoms in total. The van der Waals surface area contributed by atoms with Gasteiger partial charge in [-0.25, -0.2) is 13.4 Å². The largest absolute Gasteiger partial charge is 0.302 e. The van der Waals surface area contributed by atoms with Gasteiger partial charge in [-0.2, -0.15) is 4.31 Å². The second-order valence-electron chi connectivity index (χ2n) is 8.01. The first-order chi connectivity index (χ1) is 13.8. The van der Waals surface area contributed by atoms with Crippen molar-refractivity contribution in [2.24, 2.45) is 5.92 Å². The van der Waals surface area contributed by atoms with E-state index >= 15 is 0 Å². The Morgan fingerprint density at radius 2 is 1.86 bits per heavy atom. The Kier molecular flexibility index (Phi) is 5.77. The SMILES string of the molecule is Cc1ccc(S(=O)(=O)N2CCC(C(=O)Nc3nc4c(s3)CCCC4)CC2)cc1C. The molecule has 29 heavy (non-hydrogen) atoms. The van der Waals surface area contributed by atoms with Crippen molar-refractivity contribution < 1.29 is 13.2 Å². The quantitative estimate of drug-likeness (QED) is 0.798. The summed E-state index contributed by atoms with van der Waals surface area (Å²) >= 11 is 1.58. The molecular weight excluding hydrogens is 406 g/mol. The zero-order valence-corrected chi connectivity index (χ0v) is 18.5. The lowest BCUT2D eigenvalue weighted by Crippen LogP contribution is -2.41. The van der Waals surface area contributed by atoms with E-state index in [1.807, 2.05) is 19.9 Å². The van der Waals surface area contributed by atoms with Crippen molar-refractivity contribution in [2.75, 3.05) is 18.4 Å². The number of fused-ring (bicyclic) bond motifs is 1. The molecule has 2 heterocycles. The van der Waals surface area contributed by atoms with E-state index in [9.17, 15) is 13.2 Å². The predicted octanol–water partition coefficient (Wildman–Crippen LogP) is 3.68. The smallest absolute Gasteiger partial charge is 0.243 e. The molecule has 156 valence electrons. The van der Waals surface area contributed by atoms with E-state index in [0.29, 0.717) is 36.0 Å². The Bertz CT molecular complexity index is 998. The Morgan fingerprint density at radius 1 is 1.14 bits per heavy atom. The van der Waals surface area contributed by atoms with Crippen molar-refractivity contribution in [3.63, 3.8) is 0 Å². The fourth-order valence-corrected chi connectivity index (χ4v) is 6.60. The maximum absolute atomic E-state index is 12.9. The zero-order chi connectivity index (χ0) is 20.6. The van der Waals surface area contributed by atoms with Gasteiger partial charge in [-0.15, -0.1) is 11.3 Å². The summed E-state index contributed by atoms with van der Waals surface area (Å²) in [5.74, 6) is -0.221. The molecule has 0 bridgehead atoms. The third-order valence-corrected chi connectivity index (χ3v) is 8.98.